The summed E-state index contributed by atoms with van der Waals surface area (Å²) in [6, 6.07) is 19.9. The molecule has 8 nitrogen and oxygen atoms in total. The first kappa shape index (κ1) is 19.4. The molecule has 0 unspecified atom stereocenters. The van der Waals surface area contributed by atoms with Crippen molar-refractivity contribution < 1.29 is 14.1 Å². The number of rotatable bonds is 7. The lowest BCUT2D eigenvalue weighted by Crippen LogP contribution is -2.15. The number of aromatic nitrogens is 3. The number of ether oxygens (including phenoxy) is 1. The van der Waals surface area contributed by atoms with Crippen molar-refractivity contribution in [3.8, 4) is 23.1 Å². The smallest absolute Gasteiger partial charge is 0.259 e. The zero-order valence-electron chi connectivity index (χ0n) is 15.6. The molecule has 150 valence electrons. The maximum Gasteiger partial charge on any atom is 0.259 e. The Balaban J connectivity index is 1.44. The van der Waals surface area contributed by atoms with Gasteiger partial charge in [-0.05, 0) is 36.4 Å². The van der Waals surface area contributed by atoms with Gasteiger partial charge >= 0.3 is 0 Å². The van der Waals surface area contributed by atoms with Crippen molar-refractivity contribution in [3.63, 3.8) is 0 Å². The average molecular weight is 422 g/mol. The Morgan fingerprint density at radius 2 is 1.83 bits per heavy atom. The molecule has 0 aliphatic heterocycles. The first-order chi connectivity index (χ1) is 14.7. The molecule has 2 heterocycles. The molecule has 0 amide bonds. The van der Waals surface area contributed by atoms with Crippen LogP contribution in [0.25, 0.3) is 11.5 Å². The van der Waals surface area contributed by atoms with Gasteiger partial charge in [0.2, 0.25) is 11.7 Å². The van der Waals surface area contributed by atoms with Gasteiger partial charge in [-0.25, -0.2) is 4.98 Å². The second kappa shape index (κ2) is 9.06. The normalized spacial score (nSPS) is 11.3. The molecule has 0 aliphatic rings. The summed E-state index contributed by atoms with van der Waals surface area (Å²) in [6.45, 7) is -0.0379. The van der Waals surface area contributed by atoms with Gasteiger partial charge in [0.1, 0.15) is 5.75 Å². The molecular weight excluding hydrogens is 406 g/mol. The van der Waals surface area contributed by atoms with Gasteiger partial charge in [-0.3, -0.25) is 0 Å². The summed E-state index contributed by atoms with van der Waals surface area (Å²) in [6.07, 6.45) is 1.60. The SMILES string of the molecule is N/C(=N/OCc1noc(-c2ccccc2Cl)n1)c1cccnc1Oc1ccccc1. The molecule has 0 atom stereocenters. The van der Waals surface area contributed by atoms with Crippen LogP contribution in [0.2, 0.25) is 5.02 Å². The van der Waals surface area contributed by atoms with Crippen LogP contribution in [0.15, 0.2) is 82.6 Å². The summed E-state index contributed by atoms with van der Waals surface area (Å²) >= 11 is 6.14. The highest BCUT2D eigenvalue weighted by atomic mass is 35.5. The van der Waals surface area contributed by atoms with E-state index in [1.165, 1.54) is 0 Å². The van der Waals surface area contributed by atoms with E-state index in [9.17, 15) is 0 Å². The Labute approximate surface area is 176 Å². The Morgan fingerprint density at radius 1 is 1.03 bits per heavy atom. The largest absolute Gasteiger partial charge is 0.438 e. The topological polar surface area (TPSA) is 109 Å². The number of para-hydroxylation sites is 1. The standard InChI is InChI=1S/C21H16ClN5O3/c22-17-11-5-4-9-15(17)21-25-18(26-30-21)13-28-27-19(23)16-10-6-12-24-20(16)29-14-7-2-1-3-8-14/h1-12H,13H2,(H2,23,27). The number of hydrogen-bond donors (Lipinski definition) is 1. The number of halogens is 1. The van der Waals surface area contributed by atoms with Gasteiger partial charge < -0.3 is 19.8 Å². The maximum atomic E-state index is 6.14. The van der Waals surface area contributed by atoms with Crippen LogP contribution in [0.1, 0.15) is 11.4 Å². The van der Waals surface area contributed by atoms with Crippen LogP contribution in [0.3, 0.4) is 0 Å². The van der Waals surface area contributed by atoms with E-state index in [1.807, 2.05) is 42.5 Å². The van der Waals surface area contributed by atoms with E-state index in [4.69, 9.17) is 31.4 Å². The Morgan fingerprint density at radius 3 is 2.67 bits per heavy atom. The van der Waals surface area contributed by atoms with Gasteiger partial charge in [0, 0.05) is 6.20 Å². The first-order valence-electron chi connectivity index (χ1n) is 8.92. The Kier molecular flexibility index (Phi) is 5.86. The van der Waals surface area contributed by atoms with Crippen molar-refractivity contribution in [1.29, 1.82) is 0 Å². The van der Waals surface area contributed by atoms with Gasteiger partial charge in [-0.2, -0.15) is 4.98 Å². The number of hydrogen-bond acceptors (Lipinski definition) is 7. The third-order valence-electron chi connectivity index (χ3n) is 3.93. The quantitative estimate of drug-likeness (QED) is 0.267. The lowest BCUT2D eigenvalue weighted by Gasteiger charge is -2.09. The van der Waals surface area contributed by atoms with Crippen LogP contribution in [0.4, 0.5) is 0 Å². The van der Waals surface area contributed by atoms with E-state index in [1.54, 1.807) is 30.5 Å². The molecule has 2 aromatic carbocycles. The Hall–Kier alpha value is -3.91. The molecule has 0 fully saturated rings. The summed E-state index contributed by atoms with van der Waals surface area (Å²) < 4.78 is 11.0. The van der Waals surface area contributed by atoms with E-state index in [0.717, 1.165) is 0 Å². The zero-order chi connectivity index (χ0) is 20.8. The highest BCUT2D eigenvalue weighted by Crippen LogP contribution is 2.26. The predicted octanol–water partition coefficient (Wildman–Crippen LogP) is 4.41. The van der Waals surface area contributed by atoms with Crippen LogP contribution in [0, 0.1) is 0 Å². The molecule has 0 spiro atoms. The molecule has 2 aromatic heterocycles. The van der Waals surface area contributed by atoms with Crippen molar-refractivity contribution in [2.24, 2.45) is 10.9 Å². The molecule has 30 heavy (non-hydrogen) atoms. The number of amidine groups is 1. The summed E-state index contributed by atoms with van der Waals surface area (Å²) in [4.78, 5) is 13.7. The van der Waals surface area contributed by atoms with Gasteiger partial charge in [-0.15, -0.1) is 0 Å². The van der Waals surface area contributed by atoms with E-state index >= 15 is 0 Å². The fourth-order valence-corrected chi connectivity index (χ4v) is 2.75. The van der Waals surface area contributed by atoms with Crippen LogP contribution in [-0.2, 0) is 11.4 Å². The predicted molar refractivity (Wildman–Crippen MR) is 111 cm³/mol. The molecule has 0 saturated heterocycles. The molecular formula is C21H16ClN5O3. The van der Waals surface area contributed by atoms with E-state index in [0.29, 0.717) is 39.5 Å². The fraction of sp³-hybridized carbons (Fsp3) is 0.0476. The second-order valence-electron chi connectivity index (χ2n) is 6.02. The van der Waals surface area contributed by atoms with Crippen LogP contribution in [-0.4, -0.2) is 21.0 Å². The van der Waals surface area contributed by atoms with Crippen molar-refractivity contribution in [3.05, 3.63) is 89.3 Å². The van der Waals surface area contributed by atoms with Gasteiger partial charge in [0.05, 0.1) is 16.1 Å². The minimum Gasteiger partial charge on any atom is -0.438 e. The number of nitrogens with zero attached hydrogens (tertiary/aromatic N) is 4. The third-order valence-corrected chi connectivity index (χ3v) is 4.26. The Bertz CT molecular complexity index is 1160. The third kappa shape index (κ3) is 4.56. The molecule has 4 rings (SSSR count). The molecule has 9 heteroatoms. The molecule has 0 saturated carbocycles. The molecule has 0 aliphatic carbocycles. The van der Waals surface area contributed by atoms with Crippen molar-refractivity contribution in [1.82, 2.24) is 15.1 Å². The maximum absolute atomic E-state index is 6.14. The van der Waals surface area contributed by atoms with E-state index in [-0.39, 0.29) is 12.4 Å². The fourth-order valence-electron chi connectivity index (χ4n) is 2.53. The van der Waals surface area contributed by atoms with Gasteiger partial charge in [0.15, 0.2) is 12.4 Å². The van der Waals surface area contributed by atoms with Crippen LogP contribution >= 0.6 is 11.6 Å². The highest BCUT2D eigenvalue weighted by Gasteiger charge is 2.13. The lowest BCUT2D eigenvalue weighted by atomic mass is 10.2. The molecule has 0 radical (unpaired) electrons. The minimum absolute atomic E-state index is 0.0379. The minimum atomic E-state index is -0.0379. The lowest BCUT2D eigenvalue weighted by molar-refractivity contribution is 0.122. The summed E-state index contributed by atoms with van der Waals surface area (Å²) in [5.41, 5.74) is 7.18. The van der Waals surface area contributed by atoms with Crippen molar-refractivity contribution in [2.75, 3.05) is 0 Å². The number of oxime groups is 1. The average Bonchev–Trinajstić information content (AvgIpc) is 3.24. The molecule has 4 aromatic rings. The number of benzene rings is 2. The molecule has 2 N–H and O–H groups in total. The molecule has 0 bridgehead atoms. The van der Waals surface area contributed by atoms with Crippen molar-refractivity contribution in [2.45, 2.75) is 6.61 Å². The van der Waals surface area contributed by atoms with Crippen LogP contribution < -0.4 is 10.5 Å². The van der Waals surface area contributed by atoms with Crippen molar-refractivity contribution >= 4 is 17.4 Å². The highest BCUT2D eigenvalue weighted by molar-refractivity contribution is 6.33. The van der Waals surface area contributed by atoms with E-state index in [2.05, 4.69) is 20.3 Å². The van der Waals surface area contributed by atoms with Gasteiger partial charge in [0.25, 0.3) is 5.89 Å². The summed E-state index contributed by atoms with van der Waals surface area (Å²) in [5.74, 6) is 1.64. The monoisotopic (exact) mass is 421 g/mol. The number of pyridine rings is 1. The van der Waals surface area contributed by atoms with E-state index < -0.39 is 0 Å². The zero-order valence-corrected chi connectivity index (χ0v) is 16.4. The first-order valence-corrected chi connectivity index (χ1v) is 9.29. The van der Waals surface area contributed by atoms with Gasteiger partial charge in [-0.1, -0.05) is 52.2 Å². The summed E-state index contributed by atoms with van der Waals surface area (Å²) in [5, 5.41) is 8.29. The van der Waals surface area contributed by atoms with Crippen LogP contribution in [0.5, 0.6) is 11.6 Å². The number of nitrogens with two attached hydrogens (primary N) is 1. The second-order valence-corrected chi connectivity index (χ2v) is 6.42. The summed E-state index contributed by atoms with van der Waals surface area (Å²) in [7, 11) is 0.